The monoisotopic (exact) mass is 265 g/mol. The summed E-state index contributed by atoms with van der Waals surface area (Å²) in [5.74, 6) is -2.36. The first kappa shape index (κ1) is 13.2. The minimum absolute atomic E-state index is 0.202. The number of aromatic nitrogens is 2. The summed E-state index contributed by atoms with van der Waals surface area (Å²) < 4.78 is 27.4. The highest BCUT2D eigenvalue weighted by molar-refractivity contribution is 6.03. The third kappa shape index (κ3) is 2.96. The molecule has 4 nitrogen and oxygen atoms in total. The van der Waals surface area contributed by atoms with E-state index in [1.807, 2.05) is 6.92 Å². The van der Waals surface area contributed by atoms with Crippen LogP contribution >= 0.6 is 0 Å². The molecular weight excluding hydrogens is 252 g/mol. The molecule has 1 amide bonds. The van der Waals surface area contributed by atoms with Crippen LogP contribution < -0.4 is 5.32 Å². The van der Waals surface area contributed by atoms with Gasteiger partial charge in [-0.1, -0.05) is 6.92 Å². The molecule has 0 radical (unpaired) electrons. The third-order valence-electron chi connectivity index (χ3n) is 2.56. The molecule has 1 aromatic heterocycles. The van der Waals surface area contributed by atoms with Crippen molar-refractivity contribution in [2.45, 2.75) is 19.9 Å². The van der Waals surface area contributed by atoms with Crippen molar-refractivity contribution >= 4 is 11.6 Å². The number of nitrogens with one attached hydrogen (secondary N) is 1. The van der Waals surface area contributed by atoms with Crippen molar-refractivity contribution < 1.29 is 13.6 Å². The zero-order valence-electron chi connectivity index (χ0n) is 10.4. The molecule has 0 fully saturated rings. The standard InChI is InChI=1S/C13H13F2N3O/c1-2-7-18-12(5-6-16-18)13(19)17-9-3-4-10(14)11(15)8-9/h3-6,8H,2,7H2,1H3,(H,17,19). The maximum atomic E-state index is 13.0. The second-order valence-corrected chi connectivity index (χ2v) is 4.02. The molecule has 2 rings (SSSR count). The van der Waals surface area contributed by atoms with E-state index in [2.05, 4.69) is 10.4 Å². The molecule has 2 aromatic rings. The predicted octanol–water partition coefficient (Wildman–Crippen LogP) is 2.82. The summed E-state index contributed by atoms with van der Waals surface area (Å²) in [6.45, 7) is 2.59. The molecule has 0 atom stereocenters. The topological polar surface area (TPSA) is 46.9 Å². The number of anilines is 1. The van der Waals surface area contributed by atoms with Crippen molar-refractivity contribution in [2.75, 3.05) is 5.32 Å². The van der Waals surface area contributed by atoms with Gasteiger partial charge in [0, 0.05) is 24.5 Å². The van der Waals surface area contributed by atoms with Gasteiger partial charge < -0.3 is 5.32 Å². The fraction of sp³-hybridized carbons (Fsp3) is 0.231. The molecule has 1 N–H and O–H groups in total. The quantitative estimate of drug-likeness (QED) is 0.924. The maximum absolute atomic E-state index is 13.0. The summed E-state index contributed by atoms with van der Waals surface area (Å²) >= 11 is 0. The number of aryl methyl sites for hydroxylation is 1. The largest absolute Gasteiger partial charge is 0.321 e. The van der Waals surface area contributed by atoms with Gasteiger partial charge >= 0.3 is 0 Å². The predicted molar refractivity (Wildman–Crippen MR) is 66.8 cm³/mol. The van der Waals surface area contributed by atoms with E-state index < -0.39 is 17.5 Å². The van der Waals surface area contributed by atoms with E-state index in [9.17, 15) is 13.6 Å². The number of hydrogen-bond donors (Lipinski definition) is 1. The van der Waals surface area contributed by atoms with Crippen LogP contribution in [-0.4, -0.2) is 15.7 Å². The summed E-state index contributed by atoms with van der Waals surface area (Å²) in [7, 11) is 0. The van der Waals surface area contributed by atoms with Crippen molar-refractivity contribution in [2.24, 2.45) is 0 Å². The zero-order valence-corrected chi connectivity index (χ0v) is 10.4. The van der Waals surface area contributed by atoms with Crippen LogP contribution in [0.2, 0.25) is 0 Å². The molecular formula is C13H13F2N3O. The number of amides is 1. The van der Waals surface area contributed by atoms with Gasteiger partial charge in [-0.2, -0.15) is 5.10 Å². The smallest absolute Gasteiger partial charge is 0.273 e. The van der Waals surface area contributed by atoms with Crippen LogP contribution in [0.25, 0.3) is 0 Å². The summed E-state index contributed by atoms with van der Waals surface area (Å²) in [6.07, 6.45) is 2.36. The van der Waals surface area contributed by atoms with Crippen LogP contribution in [-0.2, 0) is 6.54 Å². The second kappa shape index (κ2) is 5.60. The van der Waals surface area contributed by atoms with E-state index in [-0.39, 0.29) is 5.69 Å². The van der Waals surface area contributed by atoms with Gasteiger partial charge in [0.05, 0.1) is 0 Å². The van der Waals surface area contributed by atoms with E-state index in [1.165, 1.54) is 12.3 Å². The van der Waals surface area contributed by atoms with E-state index in [0.29, 0.717) is 12.2 Å². The van der Waals surface area contributed by atoms with Gasteiger partial charge in [-0.05, 0) is 24.6 Å². The summed E-state index contributed by atoms with van der Waals surface area (Å²) in [6, 6.07) is 4.78. The van der Waals surface area contributed by atoms with E-state index >= 15 is 0 Å². The zero-order chi connectivity index (χ0) is 13.8. The van der Waals surface area contributed by atoms with Gasteiger partial charge in [0.1, 0.15) is 5.69 Å². The lowest BCUT2D eigenvalue weighted by atomic mass is 10.3. The number of rotatable bonds is 4. The van der Waals surface area contributed by atoms with Gasteiger partial charge in [0.2, 0.25) is 0 Å². The Kier molecular flexibility index (Phi) is 3.89. The highest BCUT2D eigenvalue weighted by Crippen LogP contribution is 2.14. The fourth-order valence-corrected chi connectivity index (χ4v) is 1.68. The molecule has 0 aliphatic rings. The molecule has 1 aromatic carbocycles. The summed E-state index contributed by atoms with van der Waals surface area (Å²) in [4.78, 5) is 12.0. The molecule has 19 heavy (non-hydrogen) atoms. The number of hydrogen-bond acceptors (Lipinski definition) is 2. The van der Waals surface area contributed by atoms with Crippen molar-refractivity contribution in [1.82, 2.24) is 9.78 Å². The molecule has 100 valence electrons. The Labute approximate surface area is 109 Å². The van der Waals surface area contributed by atoms with Crippen LogP contribution in [0.3, 0.4) is 0 Å². The normalized spacial score (nSPS) is 10.5. The number of carbonyl (C=O) groups is 1. The van der Waals surface area contributed by atoms with Crippen LogP contribution in [0.1, 0.15) is 23.8 Å². The molecule has 0 unspecified atom stereocenters. The van der Waals surface area contributed by atoms with Gasteiger partial charge in [-0.15, -0.1) is 0 Å². The molecule has 0 spiro atoms. The second-order valence-electron chi connectivity index (χ2n) is 4.02. The van der Waals surface area contributed by atoms with Gasteiger partial charge in [-0.25, -0.2) is 8.78 Å². The number of benzene rings is 1. The molecule has 0 aliphatic carbocycles. The number of nitrogens with zero attached hydrogens (tertiary/aromatic N) is 2. The lowest BCUT2D eigenvalue weighted by molar-refractivity contribution is 0.101. The fourth-order valence-electron chi connectivity index (χ4n) is 1.68. The minimum atomic E-state index is -1.00. The van der Waals surface area contributed by atoms with Crippen molar-refractivity contribution in [3.8, 4) is 0 Å². The van der Waals surface area contributed by atoms with Crippen LogP contribution in [0, 0.1) is 11.6 Å². The van der Waals surface area contributed by atoms with E-state index in [1.54, 1.807) is 10.7 Å². The number of halogens is 2. The Morgan fingerprint density at radius 3 is 2.79 bits per heavy atom. The van der Waals surface area contributed by atoms with Crippen molar-refractivity contribution in [1.29, 1.82) is 0 Å². The van der Waals surface area contributed by atoms with Crippen molar-refractivity contribution in [3.05, 3.63) is 47.8 Å². The van der Waals surface area contributed by atoms with Gasteiger partial charge in [0.25, 0.3) is 5.91 Å². The maximum Gasteiger partial charge on any atom is 0.273 e. The van der Waals surface area contributed by atoms with E-state index in [0.717, 1.165) is 18.6 Å². The van der Waals surface area contributed by atoms with E-state index in [4.69, 9.17) is 0 Å². The van der Waals surface area contributed by atoms with Crippen LogP contribution in [0.4, 0.5) is 14.5 Å². The molecule has 0 aliphatic heterocycles. The number of carbonyl (C=O) groups excluding carboxylic acids is 1. The Balaban J connectivity index is 2.16. The Hall–Kier alpha value is -2.24. The highest BCUT2D eigenvalue weighted by Gasteiger charge is 2.12. The Bertz CT molecular complexity index is 595. The summed E-state index contributed by atoms with van der Waals surface area (Å²) in [5, 5.41) is 6.53. The minimum Gasteiger partial charge on any atom is -0.321 e. The lowest BCUT2D eigenvalue weighted by Crippen LogP contribution is -2.18. The molecule has 0 bridgehead atoms. The average Bonchev–Trinajstić information content (AvgIpc) is 2.83. The average molecular weight is 265 g/mol. The highest BCUT2D eigenvalue weighted by atomic mass is 19.2. The lowest BCUT2D eigenvalue weighted by Gasteiger charge is -2.07. The first-order valence-corrected chi connectivity index (χ1v) is 5.90. The van der Waals surface area contributed by atoms with Crippen molar-refractivity contribution in [3.63, 3.8) is 0 Å². The summed E-state index contributed by atoms with van der Waals surface area (Å²) in [5.41, 5.74) is 0.583. The first-order chi connectivity index (χ1) is 9.11. The molecule has 0 saturated heterocycles. The van der Waals surface area contributed by atoms with Gasteiger partial charge in [-0.3, -0.25) is 9.48 Å². The van der Waals surface area contributed by atoms with Crippen LogP contribution in [0.15, 0.2) is 30.5 Å². The van der Waals surface area contributed by atoms with Crippen LogP contribution in [0.5, 0.6) is 0 Å². The Morgan fingerprint density at radius 1 is 1.32 bits per heavy atom. The third-order valence-corrected chi connectivity index (χ3v) is 2.56. The molecule has 1 heterocycles. The SMILES string of the molecule is CCCn1nccc1C(=O)Nc1ccc(F)c(F)c1. The molecule has 0 saturated carbocycles. The molecule has 6 heteroatoms. The Morgan fingerprint density at radius 2 is 2.11 bits per heavy atom. The first-order valence-electron chi connectivity index (χ1n) is 5.90. The van der Waals surface area contributed by atoms with Gasteiger partial charge in [0.15, 0.2) is 11.6 Å².